The fraction of sp³-hybridized carbons (Fsp3) is 0. The monoisotopic (exact) mass is 255 g/mol. The molecule has 0 aliphatic heterocycles. The Morgan fingerprint density at radius 2 is 1.25 bits per heavy atom. The van der Waals surface area contributed by atoms with Gasteiger partial charge in [-0.05, 0) is 0 Å². The topological polar surface area (TPSA) is 34.1 Å². The Morgan fingerprint density at radius 1 is 1.25 bits per heavy atom. The summed E-state index contributed by atoms with van der Waals surface area (Å²) in [7, 11) is 0. The molecule has 0 aromatic carbocycles. The zero-order valence-electron chi connectivity index (χ0n) is 1.60. The molecule has 0 amide bonds. The van der Waals surface area contributed by atoms with E-state index in [2.05, 4.69) is 0 Å². The predicted molar refractivity (Wildman–Crippen MR) is 8.62 cm³/mol. The average molecular weight is 255 g/mol. The predicted octanol–water partition coefficient (Wildman–Crippen LogP) is 0.182. The summed E-state index contributed by atoms with van der Waals surface area (Å²) in [6, 6.07) is 0. The summed E-state index contributed by atoms with van der Waals surface area (Å²) >= 11 is -2.17. The van der Waals surface area contributed by atoms with E-state index in [1.165, 1.54) is 0 Å². The van der Waals surface area contributed by atoms with Crippen LogP contribution in [0, 0.1) is 0 Å². The van der Waals surface area contributed by atoms with Crippen molar-refractivity contribution in [2.75, 3.05) is 0 Å². The maximum atomic E-state index is 8.53. The molecule has 0 aromatic heterocycles. The molecule has 0 aliphatic rings. The van der Waals surface area contributed by atoms with Gasteiger partial charge in [-0.1, -0.05) is 0 Å². The van der Waals surface area contributed by atoms with Crippen LogP contribution in [0.5, 0.6) is 0 Å². The second kappa shape index (κ2) is 9.60. The van der Waals surface area contributed by atoms with Crippen molar-refractivity contribution in [1.82, 2.24) is 0 Å². The van der Waals surface area contributed by atoms with Gasteiger partial charge >= 0.3 is 24.8 Å². The third kappa shape index (κ3) is 20.2. The van der Waals surface area contributed by atoms with Crippen LogP contribution in [-0.2, 0) is 24.8 Å². The Hall–Kier alpha value is 0.552. The van der Waals surface area contributed by atoms with E-state index in [-0.39, 0.29) is 12.4 Å². The molecule has 0 aliphatic carbocycles. The minimum absolute atomic E-state index is 0. The van der Waals surface area contributed by atoms with E-state index in [1.54, 1.807) is 0 Å². The molecule has 4 heteroatoms. The van der Waals surface area contributed by atoms with Crippen LogP contribution in [0.2, 0.25) is 0 Å². The van der Waals surface area contributed by atoms with Gasteiger partial charge in [-0.2, -0.15) is 0 Å². The average Bonchev–Trinajstić information content (AvgIpc) is 0.918. The quantitative estimate of drug-likeness (QED) is 0.618. The molecule has 0 heterocycles. The molecule has 0 bridgehead atoms. The van der Waals surface area contributed by atoms with Gasteiger partial charge in [0.1, 0.15) is 0 Å². The number of hydrogen-bond acceptors (Lipinski definition) is 2. The zero-order chi connectivity index (χ0) is 2.71. The number of halogens is 1. The van der Waals surface area contributed by atoms with Crippen LogP contribution in [-0.4, -0.2) is 0 Å². The van der Waals surface area contributed by atoms with Gasteiger partial charge in [0, 0.05) is 0 Å². The molecule has 0 N–H and O–H groups in total. The molecule has 0 unspecified atom stereocenters. The van der Waals surface area contributed by atoms with E-state index in [0.717, 1.165) is 0 Å². The van der Waals surface area contributed by atoms with Crippen LogP contribution >= 0.6 is 12.4 Å². The van der Waals surface area contributed by atoms with E-state index in [4.69, 9.17) is 6.94 Å². The first-order chi connectivity index (χ1) is 1.41. The van der Waals surface area contributed by atoms with Crippen molar-refractivity contribution in [3.8, 4) is 0 Å². The van der Waals surface area contributed by atoms with E-state index in [0.29, 0.717) is 0 Å². The van der Waals surface area contributed by atoms with Gasteiger partial charge in [0.2, 0.25) is 0 Å². The van der Waals surface area contributed by atoms with E-state index in [1.807, 2.05) is 0 Å². The summed E-state index contributed by atoms with van der Waals surface area (Å²) in [5.41, 5.74) is 0. The van der Waals surface area contributed by atoms with E-state index >= 15 is 0 Å². The fourth-order valence-corrected chi connectivity index (χ4v) is 0. The van der Waals surface area contributed by atoms with Crippen molar-refractivity contribution < 1.29 is 24.8 Å². The second-order valence-corrected chi connectivity index (χ2v) is 0.516. The van der Waals surface area contributed by atoms with Gasteiger partial charge in [-0.25, -0.2) is 0 Å². The van der Waals surface area contributed by atoms with Gasteiger partial charge in [0.25, 0.3) is 0 Å². The van der Waals surface area contributed by atoms with Crippen LogP contribution in [0.25, 0.3) is 0 Å². The van der Waals surface area contributed by atoms with Gasteiger partial charge in [0.15, 0.2) is 0 Å². The van der Waals surface area contributed by atoms with Crippen molar-refractivity contribution in [3.05, 3.63) is 0 Å². The molecule has 27 valence electrons. The molecule has 0 aromatic rings. The molecule has 0 rings (SSSR count). The molecular formula is HClO2Re. The summed E-state index contributed by atoms with van der Waals surface area (Å²) in [5.74, 6) is 0. The fourth-order valence-electron chi connectivity index (χ4n) is 0. The molecule has 4 heavy (non-hydrogen) atoms. The molecule has 2 nitrogen and oxygen atoms in total. The number of hydrogen-bond donors (Lipinski definition) is 0. The van der Waals surface area contributed by atoms with E-state index in [9.17, 15) is 0 Å². The SMILES string of the molecule is Cl.[O]=[Re]=[O]. The van der Waals surface area contributed by atoms with E-state index < -0.39 is 17.9 Å². The molecule has 0 saturated carbocycles. The summed E-state index contributed by atoms with van der Waals surface area (Å²) < 4.78 is 17.1. The maximum absolute atomic E-state index is 8.53. The first-order valence-electron chi connectivity index (χ1n) is 0.309. The Morgan fingerprint density at radius 3 is 1.25 bits per heavy atom. The molecule has 0 saturated heterocycles. The molecular weight excluding hydrogens is 254 g/mol. The zero-order valence-corrected chi connectivity index (χ0v) is 5.14. The summed E-state index contributed by atoms with van der Waals surface area (Å²) in [4.78, 5) is 0. The van der Waals surface area contributed by atoms with Crippen molar-refractivity contribution in [1.29, 1.82) is 0 Å². The molecule has 0 fully saturated rings. The van der Waals surface area contributed by atoms with Crippen LogP contribution in [0.3, 0.4) is 0 Å². The second-order valence-electron chi connectivity index (χ2n) is 0.0630. The first kappa shape index (κ1) is 8.82. The minimum atomic E-state index is -2.17. The Kier molecular flexibility index (Phi) is 21.2. The van der Waals surface area contributed by atoms with Gasteiger partial charge in [-0.3, -0.25) is 0 Å². The first-order valence-corrected chi connectivity index (χ1v) is 2.53. The Bertz CT molecular complexity index is 27.0. The van der Waals surface area contributed by atoms with Crippen LogP contribution in [0.4, 0.5) is 0 Å². The van der Waals surface area contributed by atoms with Crippen molar-refractivity contribution in [3.63, 3.8) is 0 Å². The van der Waals surface area contributed by atoms with Crippen LogP contribution < -0.4 is 0 Å². The standard InChI is InChI=1S/ClH.2O.Re/h1H;;;. The van der Waals surface area contributed by atoms with Gasteiger partial charge in [-0.15, -0.1) is 12.4 Å². The summed E-state index contributed by atoms with van der Waals surface area (Å²) in [6.45, 7) is 0. The van der Waals surface area contributed by atoms with Crippen molar-refractivity contribution in [2.24, 2.45) is 0 Å². The summed E-state index contributed by atoms with van der Waals surface area (Å²) in [5, 5.41) is 0. The van der Waals surface area contributed by atoms with Crippen molar-refractivity contribution in [2.45, 2.75) is 0 Å². The van der Waals surface area contributed by atoms with Gasteiger partial charge in [0.05, 0.1) is 0 Å². The molecule has 0 atom stereocenters. The third-order valence-electron chi connectivity index (χ3n) is 0. The third-order valence-corrected chi connectivity index (χ3v) is 0. The van der Waals surface area contributed by atoms with Crippen LogP contribution in [0.15, 0.2) is 0 Å². The number of rotatable bonds is 0. The van der Waals surface area contributed by atoms with Crippen molar-refractivity contribution >= 4 is 12.4 Å². The normalized spacial score (nSPS) is 3.00. The Balaban J connectivity index is 0. The molecule has 0 spiro atoms. The van der Waals surface area contributed by atoms with Gasteiger partial charge < -0.3 is 0 Å². The summed E-state index contributed by atoms with van der Waals surface area (Å²) in [6.07, 6.45) is 0. The Labute approximate surface area is 37.7 Å². The van der Waals surface area contributed by atoms with Crippen LogP contribution in [0.1, 0.15) is 0 Å². The molecule has 0 radical (unpaired) electrons.